The molecule has 0 unspecified atom stereocenters. The number of benzene rings is 4. The maximum Gasteiger partial charge on any atom is 0.264 e. The van der Waals surface area contributed by atoms with Gasteiger partial charge < -0.3 is 10.2 Å². The van der Waals surface area contributed by atoms with E-state index in [1.54, 1.807) is 54.6 Å². The molecule has 0 heterocycles. The first-order valence-electron chi connectivity index (χ1n) is 14.5. The minimum atomic E-state index is -4.16. The van der Waals surface area contributed by atoms with Crippen molar-refractivity contribution in [1.29, 1.82) is 0 Å². The number of aryl methyl sites for hydroxylation is 1. The molecule has 1 atom stereocenters. The van der Waals surface area contributed by atoms with E-state index in [-0.39, 0.29) is 29.7 Å². The van der Waals surface area contributed by atoms with E-state index in [1.165, 1.54) is 29.2 Å². The smallest absolute Gasteiger partial charge is 0.264 e. The minimum absolute atomic E-state index is 0.0289. The largest absolute Gasteiger partial charge is 0.354 e. The van der Waals surface area contributed by atoms with Crippen LogP contribution in [0.5, 0.6) is 0 Å². The molecule has 0 fully saturated rings. The molecule has 0 aliphatic heterocycles. The first-order chi connectivity index (χ1) is 21.0. The number of hydrogen-bond acceptors (Lipinski definition) is 4. The molecule has 7 nitrogen and oxygen atoms in total. The highest BCUT2D eigenvalue weighted by molar-refractivity contribution is 7.92. The second-order valence-electron chi connectivity index (χ2n) is 11.2. The van der Waals surface area contributed by atoms with E-state index in [0.717, 1.165) is 15.4 Å². The summed E-state index contributed by atoms with van der Waals surface area (Å²) >= 11 is 0. The van der Waals surface area contributed by atoms with Gasteiger partial charge in [0.1, 0.15) is 18.4 Å². The standard InChI is InChI=1S/C35H38FN3O4S/c1-26(2)23-37-35(41)33(22-28-10-6-4-7-11-28)38(24-29-16-18-30(36)19-17-29)34(40)25-39(31-20-14-27(3)15-21-31)44(42,43)32-12-8-5-9-13-32/h4-21,26,33H,22-25H2,1-3H3,(H,37,41)/t33-/m0/s1. The predicted molar refractivity (Wildman–Crippen MR) is 171 cm³/mol. The van der Waals surface area contributed by atoms with Crippen LogP contribution in [0.1, 0.15) is 30.5 Å². The first kappa shape index (κ1) is 32.4. The van der Waals surface area contributed by atoms with Crippen LogP contribution < -0.4 is 9.62 Å². The summed E-state index contributed by atoms with van der Waals surface area (Å²) in [6.45, 7) is 5.66. The Bertz CT molecular complexity index is 1630. The first-order valence-corrected chi connectivity index (χ1v) is 16.0. The molecule has 230 valence electrons. The van der Waals surface area contributed by atoms with E-state index in [4.69, 9.17) is 0 Å². The number of anilines is 1. The van der Waals surface area contributed by atoms with Crippen molar-refractivity contribution in [1.82, 2.24) is 10.2 Å². The summed E-state index contributed by atoms with van der Waals surface area (Å²) in [6.07, 6.45) is 0.202. The lowest BCUT2D eigenvalue weighted by Crippen LogP contribution is -2.53. The number of sulfonamides is 1. The van der Waals surface area contributed by atoms with Crippen LogP contribution in [-0.4, -0.2) is 44.3 Å². The van der Waals surface area contributed by atoms with Crippen LogP contribution in [0.3, 0.4) is 0 Å². The molecule has 0 saturated carbocycles. The molecule has 0 spiro atoms. The lowest BCUT2D eigenvalue weighted by atomic mass is 10.0. The molecule has 0 bridgehead atoms. The summed E-state index contributed by atoms with van der Waals surface area (Å²) < 4.78 is 42.8. The van der Waals surface area contributed by atoms with E-state index in [2.05, 4.69) is 5.32 Å². The summed E-state index contributed by atoms with van der Waals surface area (Å²) in [5.74, 6) is -1.19. The van der Waals surface area contributed by atoms with Crippen LogP contribution in [0, 0.1) is 18.7 Å². The maximum atomic E-state index is 14.4. The van der Waals surface area contributed by atoms with Gasteiger partial charge in [-0.05, 0) is 60.4 Å². The molecule has 44 heavy (non-hydrogen) atoms. The Morgan fingerprint density at radius 3 is 1.98 bits per heavy atom. The van der Waals surface area contributed by atoms with E-state index in [1.807, 2.05) is 51.1 Å². The lowest BCUT2D eigenvalue weighted by Gasteiger charge is -2.34. The van der Waals surface area contributed by atoms with Gasteiger partial charge in [-0.3, -0.25) is 13.9 Å². The second-order valence-corrected chi connectivity index (χ2v) is 13.0. The maximum absolute atomic E-state index is 14.4. The molecular weight excluding hydrogens is 577 g/mol. The van der Waals surface area contributed by atoms with Crippen molar-refractivity contribution in [2.45, 2.75) is 44.7 Å². The van der Waals surface area contributed by atoms with Gasteiger partial charge in [0.2, 0.25) is 11.8 Å². The zero-order chi connectivity index (χ0) is 31.7. The number of carbonyl (C=O) groups is 2. The summed E-state index contributed by atoms with van der Waals surface area (Å²) in [5, 5.41) is 2.96. The van der Waals surface area contributed by atoms with Crippen molar-refractivity contribution in [2.75, 3.05) is 17.4 Å². The monoisotopic (exact) mass is 615 g/mol. The molecule has 2 amide bonds. The Morgan fingerprint density at radius 2 is 1.39 bits per heavy atom. The van der Waals surface area contributed by atoms with Crippen molar-refractivity contribution in [2.24, 2.45) is 5.92 Å². The highest BCUT2D eigenvalue weighted by Crippen LogP contribution is 2.25. The van der Waals surface area contributed by atoms with Crippen LogP contribution in [0.25, 0.3) is 0 Å². The Morgan fingerprint density at radius 1 is 0.795 bits per heavy atom. The molecule has 0 aliphatic rings. The third-order valence-electron chi connectivity index (χ3n) is 7.15. The quantitative estimate of drug-likeness (QED) is 0.208. The number of nitrogens with one attached hydrogen (secondary N) is 1. The molecule has 4 rings (SSSR count). The third kappa shape index (κ3) is 8.54. The zero-order valence-electron chi connectivity index (χ0n) is 25.2. The van der Waals surface area contributed by atoms with Crippen molar-refractivity contribution >= 4 is 27.5 Å². The third-order valence-corrected chi connectivity index (χ3v) is 8.94. The highest BCUT2D eigenvalue weighted by Gasteiger charge is 2.34. The average molecular weight is 616 g/mol. The fraction of sp³-hybridized carbons (Fsp3) is 0.257. The molecule has 1 N–H and O–H groups in total. The van der Waals surface area contributed by atoms with Gasteiger partial charge in [0.25, 0.3) is 10.0 Å². The normalized spacial score (nSPS) is 12.0. The zero-order valence-corrected chi connectivity index (χ0v) is 26.0. The predicted octanol–water partition coefficient (Wildman–Crippen LogP) is 5.74. The van der Waals surface area contributed by atoms with E-state index in [9.17, 15) is 22.4 Å². The topological polar surface area (TPSA) is 86.8 Å². The molecule has 4 aromatic rings. The molecule has 0 aliphatic carbocycles. The van der Waals surface area contributed by atoms with Crippen molar-refractivity contribution in [3.8, 4) is 0 Å². The molecular formula is C35H38FN3O4S. The number of amides is 2. The molecule has 4 aromatic carbocycles. The van der Waals surface area contributed by atoms with E-state index < -0.39 is 34.3 Å². The molecule has 0 saturated heterocycles. The van der Waals surface area contributed by atoms with Gasteiger partial charge in [0.05, 0.1) is 10.6 Å². The summed E-state index contributed by atoms with van der Waals surface area (Å²) in [4.78, 5) is 29.6. The Balaban J connectivity index is 1.78. The lowest BCUT2D eigenvalue weighted by molar-refractivity contribution is -0.140. The van der Waals surface area contributed by atoms with Gasteiger partial charge in [0, 0.05) is 19.5 Å². The Hall–Kier alpha value is -4.50. The van der Waals surface area contributed by atoms with Crippen LogP contribution in [0.4, 0.5) is 10.1 Å². The molecule has 0 aromatic heterocycles. The fourth-order valence-electron chi connectivity index (χ4n) is 4.72. The van der Waals surface area contributed by atoms with Gasteiger partial charge >= 0.3 is 0 Å². The SMILES string of the molecule is Cc1ccc(N(CC(=O)N(Cc2ccc(F)cc2)[C@@H](Cc2ccccc2)C(=O)NCC(C)C)S(=O)(=O)c2ccccc2)cc1. The van der Waals surface area contributed by atoms with Gasteiger partial charge in [-0.25, -0.2) is 12.8 Å². The van der Waals surface area contributed by atoms with Gasteiger partial charge in [-0.15, -0.1) is 0 Å². The van der Waals surface area contributed by atoms with Crippen molar-refractivity contribution < 1.29 is 22.4 Å². The van der Waals surface area contributed by atoms with Gasteiger partial charge in [-0.2, -0.15) is 0 Å². The molecule has 9 heteroatoms. The second kappa shape index (κ2) is 14.8. The van der Waals surface area contributed by atoms with Crippen molar-refractivity contribution in [3.05, 3.63) is 132 Å². The van der Waals surface area contributed by atoms with Crippen LogP contribution in [-0.2, 0) is 32.6 Å². The summed E-state index contributed by atoms with van der Waals surface area (Å²) in [7, 11) is -4.16. The summed E-state index contributed by atoms with van der Waals surface area (Å²) in [5.41, 5.74) is 2.68. The average Bonchev–Trinajstić information content (AvgIpc) is 3.02. The highest BCUT2D eigenvalue weighted by atomic mass is 32.2. The summed E-state index contributed by atoms with van der Waals surface area (Å²) in [6, 6.07) is 28.9. The number of rotatable bonds is 13. The van der Waals surface area contributed by atoms with E-state index >= 15 is 0 Å². The van der Waals surface area contributed by atoms with Gasteiger partial charge in [0.15, 0.2) is 0 Å². The minimum Gasteiger partial charge on any atom is -0.354 e. The van der Waals surface area contributed by atoms with Crippen LogP contribution in [0.15, 0.2) is 114 Å². The van der Waals surface area contributed by atoms with Crippen molar-refractivity contribution in [3.63, 3.8) is 0 Å². The van der Waals surface area contributed by atoms with Crippen LogP contribution in [0.2, 0.25) is 0 Å². The number of nitrogens with zero attached hydrogens (tertiary/aromatic N) is 2. The Labute approximate surface area is 259 Å². The fourth-order valence-corrected chi connectivity index (χ4v) is 6.16. The van der Waals surface area contributed by atoms with Gasteiger partial charge in [-0.1, -0.05) is 92.2 Å². The van der Waals surface area contributed by atoms with E-state index in [0.29, 0.717) is 17.8 Å². The van der Waals surface area contributed by atoms with Crippen LogP contribution >= 0.6 is 0 Å². The molecule has 0 radical (unpaired) electrons. The number of carbonyl (C=O) groups excluding carboxylic acids is 2. The number of halogens is 1. The Kier molecular flexibility index (Phi) is 10.9. The number of hydrogen-bond donors (Lipinski definition) is 1.